The van der Waals surface area contributed by atoms with E-state index in [-0.39, 0.29) is 18.9 Å². The zero-order valence-corrected chi connectivity index (χ0v) is 12.3. The van der Waals surface area contributed by atoms with Gasteiger partial charge in [-0.25, -0.2) is 8.78 Å². The Morgan fingerprint density at radius 2 is 2.24 bits per heavy atom. The summed E-state index contributed by atoms with van der Waals surface area (Å²) in [4.78, 5) is 24.6. The molecule has 1 aliphatic heterocycles. The van der Waals surface area contributed by atoms with Gasteiger partial charge < -0.3 is 10.4 Å². The van der Waals surface area contributed by atoms with Crippen molar-refractivity contribution in [2.24, 2.45) is 0 Å². The Labute approximate surface area is 128 Å². The van der Waals surface area contributed by atoms with Crippen molar-refractivity contribution in [3.63, 3.8) is 0 Å². The molecular formula is C12H13ClF2N2O3S. The number of carboxylic acid groups (broad SMARTS) is 1. The summed E-state index contributed by atoms with van der Waals surface area (Å²) in [6.45, 7) is -0.527. The van der Waals surface area contributed by atoms with Crippen molar-refractivity contribution in [2.75, 3.05) is 13.1 Å². The summed E-state index contributed by atoms with van der Waals surface area (Å²) in [7, 11) is 0. The Kier molecular flexibility index (Phi) is 5.13. The highest BCUT2D eigenvalue weighted by Gasteiger charge is 2.38. The van der Waals surface area contributed by atoms with E-state index >= 15 is 0 Å². The van der Waals surface area contributed by atoms with Crippen molar-refractivity contribution in [3.8, 4) is 0 Å². The maximum Gasteiger partial charge on any atom is 0.321 e. The molecule has 1 saturated heterocycles. The molecule has 0 spiro atoms. The van der Waals surface area contributed by atoms with Gasteiger partial charge >= 0.3 is 5.97 Å². The molecule has 0 bridgehead atoms. The first-order chi connectivity index (χ1) is 9.86. The second kappa shape index (κ2) is 6.67. The number of amides is 1. The summed E-state index contributed by atoms with van der Waals surface area (Å²) in [6.07, 6.45) is -2.51. The first-order valence-corrected chi connectivity index (χ1v) is 7.37. The van der Waals surface area contributed by atoms with Crippen LogP contribution in [0.25, 0.3) is 0 Å². The molecule has 1 fully saturated rings. The summed E-state index contributed by atoms with van der Waals surface area (Å²) in [5.41, 5.74) is 0. The van der Waals surface area contributed by atoms with Gasteiger partial charge in [0.15, 0.2) is 0 Å². The van der Waals surface area contributed by atoms with Gasteiger partial charge in [0, 0.05) is 12.6 Å². The topological polar surface area (TPSA) is 69.6 Å². The number of nitrogens with one attached hydrogen (secondary N) is 1. The van der Waals surface area contributed by atoms with Crippen LogP contribution in [0.4, 0.5) is 8.78 Å². The standard InChI is InChI=1S/C12H13ClF2N2O3S/c13-9-2-1-8(21-9)11(18)16-6-3-7(12(19)20)17(4-6)5-10(14)15/h1-2,6-7,10H,3-5H2,(H,16,18)(H,19,20)/t6-,7-/m0/s1. The van der Waals surface area contributed by atoms with Crippen LogP contribution in [0.5, 0.6) is 0 Å². The molecule has 1 aromatic heterocycles. The van der Waals surface area contributed by atoms with Gasteiger partial charge in [0.05, 0.1) is 15.8 Å². The van der Waals surface area contributed by atoms with Crippen molar-refractivity contribution < 1.29 is 23.5 Å². The molecule has 2 rings (SSSR count). The van der Waals surface area contributed by atoms with Gasteiger partial charge in [0.25, 0.3) is 12.3 Å². The molecule has 2 atom stereocenters. The monoisotopic (exact) mass is 338 g/mol. The zero-order chi connectivity index (χ0) is 15.6. The number of hydrogen-bond acceptors (Lipinski definition) is 4. The van der Waals surface area contributed by atoms with E-state index in [1.54, 1.807) is 12.1 Å². The third-order valence-electron chi connectivity index (χ3n) is 3.19. The average Bonchev–Trinajstić information content (AvgIpc) is 2.95. The van der Waals surface area contributed by atoms with Gasteiger partial charge in [-0.15, -0.1) is 11.3 Å². The number of hydrogen-bond donors (Lipinski definition) is 2. The highest BCUT2D eigenvalue weighted by Crippen LogP contribution is 2.23. The van der Waals surface area contributed by atoms with E-state index in [0.29, 0.717) is 9.21 Å². The van der Waals surface area contributed by atoms with Crippen molar-refractivity contribution in [3.05, 3.63) is 21.3 Å². The van der Waals surface area contributed by atoms with Crippen LogP contribution in [-0.2, 0) is 4.79 Å². The Balaban J connectivity index is 1.98. The van der Waals surface area contributed by atoms with E-state index in [9.17, 15) is 18.4 Å². The molecule has 116 valence electrons. The molecule has 1 aliphatic rings. The number of carbonyl (C=O) groups excluding carboxylic acids is 1. The molecule has 9 heteroatoms. The molecule has 0 radical (unpaired) electrons. The Morgan fingerprint density at radius 3 is 2.76 bits per heavy atom. The van der Waals surface area contributed by atoms with Crippen molar-refractivity contribution in [1.82, 2.24) is 10.2 Å². The normalized spacial score (nSPS) is 22.7. The number of carboxylic acids is 1. The number of carbonyl (C=O) groups is 2. The van der Waals surface area contributed by atoms with E-state index in [1.807, 2.05) is 0 Å². The SMILES string of the molecule is O=C(N[C@H]1C[C@@H](C(=O)O)N(CC(F)F)C1)c1ccc(Cl)s1. The maximum absolute atomic E-state index is 12.4. The van der Waals surface area contributed by atoms with Crippen molar-refractivity contribution in [1.29, 1.82) is 0 Å². The Morgan fingerprint density at radius 1 is 1.52 bits per heavy atom. The van der Waals surface area contributed by atoms with Crippen LogP contribution < -0.4 is 5.32 Å². The molecule has 0 unspecified atom stereocenters. The first-order valence-electron chi connectivity index (χ1n) is 6.18. The minimum atomic E-state index is -2.61. The minimum absolute atomic E-state index is 0.0894. The van der Waals surface area contributed by atoms with Crippen LogP contribution in [0.1, 0.15) is 16.1 Å². The van der Waals surface area contributed by atoms with Crippen LogP contribution in [0, 0.1) is 0 Å². The van der Waals surface area contributed by atoms with Crippen LogP contribution in [-0.4, -0.2) is 53.5 Å². The summed E-state index contributed by atoms with van der Waals surface area (Å²) in [5, 5.41) is 11.7. The summed E-state index contributed by atoms with van der Waals surface area (Å²) in [6, 6.07) is 1.66. The van der Waals surface area contributed by atoms with Gasteiger partial charge in [0.1, 0.15) is 6.04 Å². The van der Waals surface area contributed by atoms with E-state index in [4.69, 9.17) is 16.7 Å². The van der Waals surface area contributed by atoms with E-state index in [1.165, 1.54) is 4.90 Å². The van der Waals surface area contributed by atoms with Crippen LogP contribution in [0.3, 0.4) is 0 Å². The molecule has 2 N–H and O–H groups in total. The van der Waals surface area contributed by atoms with Crippen molar-refractivity contribution in [2.45, 2.75) is 24.9 Å². The van der Waals surface area contributed by atoms with Gasteiger partial charge in [-0.3, -0.25) is 14.5 Å². The summed E-state index contributed by atoms with van der Waals surface area (Å²) < 4.78 is 25.4. The Hall–Kier alpha value is -1.25. The molecule has 1 aromatic rings. The van der Waals surface area contributed by atoms with Crippen LogP contribution >= 0.6 is 22.9 Å². The lowest BCUT2D eigenvalue weighted by atomic mass is 10.1. The summed E-state index contributed by atoms with van der Waals surface area (Å²) >= 11 is 6.84. The summed E-state index contributed by atoms with van der Waals surface area (Å²) in [5.74, 6) is -1.54. The number of halogens is 3. The van der Waals surface area contributed by atoms with Gasteiger partial charge in [-0.2, -0.15) is 0 Å². The van der Waals surface area contributed by atoms with Gasteiger partial charge in [-0.05, 0) is 18.6 Å². The number of aliphatic carboxylic acids is 1. The quantitative estimate of drug-likeness (QED) is 0.860. The number of nitrogens with zero attached hydrogens (tertiary/aromatic N) is 1. The fourth-order valence-electron chi connectivity index (χ4n) is 2.34. The van der Waals surface area contributed by atoms with E-state index < -0.39 is 31.0 Å². The second-order valence-corrected chi connectivity index (χ2v) is 6.42. The number of thiophene rings is 1. The lowest BCUT2D eigenvalue weighted by Crippen LogP contribution is -2.40. The second-order valence-electron chi connectivity index (χ2n) is 4.71. The molecular weight excluding hydrogens is 326 g/mol. The predicted octanol–water partition coefficient (Wildman–Crippen LogP) is 1.92. The molecule has 0 saturated carbocycles. The molecule has 1 amide bonds. The molecule has 5 nitrogen and oxygen atoms in total. The predicted molar refractivity (Wildman–Crippen MR) is 74.2 cm³/mol. The average molecular weight is 339 g/mol. The fourth-order valence-corrected chi connectivity index (χ4v) is 3.28. The zero-order valence-electron chi connectivity index (χ0n) is 10.8. The van der Waals surface area contributed by atoms with Gasteiger partial charge in [-0.1, -0.05) is 11.6 Å². The highest BCUT2D eigenvalue weighted by molar-refractivity contribution is 7.17. The smallest absolute Gasteiger partial charge is 0.321 e. The third-order valence-corrected chi connectivity index (χ3v) is 4.42. The molecule has 21 heavy (non-hydrogen) atoms. The van der Waals surface area contributed by atoms with Crippen LogP contribution in [0.2, 0.25) is 4.34 Å². The lowest BCUT2D eigenvalue weighted by molar-refractivity contribution is -0.142. The van der Waals surface area contributed by atoms with E-state index in [0.717, 1.165) is 11.3 Å². The van der Waals surface area contributed by atoms with E-state index in [2.05, 4.69) is 5.32 Å². The fraction of sp³-hybridized carbons (Fsp3) is 0.500. The number of likely N-dealkylation sites (tertiary alicyclic amines) is 1. The lowest BCUT2D eigenvalue weighted by Gasteiger charge is -2.19. The Bertz CT molecular complexity index is 540. The van der Waals surface area contributed by atoms with Crippen LogP contribution in [0.15, 0.2) is 12.1 Å². The maximum atomic E-state index is 12.4. The number of rotatable bonds is 5. The largest absolute Gasteiger partial charge is 0.480 e. The third kappa shape index (κ3) is 4.12. The minimum Gasteiger partial charge on any atom is -0.480 e. The first kappa shape index (κ1) is 16.1. The van der Waals surface area contributed by atoms with Crippen molar-refractivity contribution >= 4 is 34.8 Å². The molecule has 2 heterocycles. The molecule has 0 aromatic carbocycles. The highest BCUT2D eigenvalue weighted by atomic mass is 35.5. The van der Waals surface area contributed by atoms with Gasteiger partial charge in [0.2, 0.25) is 0 Å². The molecule has 0 aliphatic carbocycles. The number of alkyl halides is 2.